The summed E-state index contributed by atoms with van der Waals surface area (Å²) in [5.74, 6) is -2.72. The first-order valence-electron chi connectivity index (χ1n) is 6.74. The average molecular weight is 310 g/mol. The van der Waals surface area contributed by atoms with Gasteiger partial charge in [0.15, 0.2) is 0 Å². The zero-order chi connectivity index (χ0) is 15.6. The van der Waals surface area contributed by atoms with Crippen LogP contribution in [-0.4, -0.2) is 14.9 Å². The predicted molar refractivity (Wildman–Crippen MR) is 80.5 cm³/mol. The molecule has 0 spiro atoms. The van der Waals surface area contributed by atoms with Crippen molar-refractivity contribution in [2.45, 2.75) is 20.0 Å². The Balaban J connectivity index is 2.40. The van der Waals surface area contributed by atoms with Crippen LogP contribution in [0.2, 0.25) is 13.1 Å². The average Bonchev–Trinajstić information content (AvgIpc) is 2.38. The summed E-state index contributed by atoms with van der Waals surface area (Å²) < 4.78 is 46.2. The molecule has 0 saturated heterocycles. The lowest BCUT2D eigenvalue weighted by molar-refractivity contribution is 0.339. The molecule has 5 heteroatoms. The second kappa shape index (κ2) is 6.03. The number of benzene rings is 2. The van der Waals surface area contributed by atoms with Gasteiger partial charge in [0.25, 0.3) is 0 Å². The van der Waals surface area contributed by atoms with Gasteiger partial charge in [-0.05, 0) is 30.8 Å². The number of hydrogen-bond donors (Lipinski definition) is 0. The van der Waals surface area contributed by atoms with E-state index in [1.54, 1.807) is 12.1 Å². The maximum Gasteiger partial charge on any atom is 0.218 e. The number of hydrogen-bond acceptors (Lipinski definition) is 1. The van der Waals surface area contributed by atoms with Crippen molar-refractivity contribution in [1.29, 1.82) is 0 Å². The Morgan fingerprint density at radius 1 is 0.952 bits per heavy atom. The van der Waals surface area contributed by atoms with Gasteiger partial charge in [-0.1, -0.05) is 24.3 Å². The van der Waals surface area contributed by atoms with Crippen molar-refractivity contribution in [2.24, 2.45) is 0 Å². The summed E-state index contributed by atoms with van der Waals surface area (Å²) in [6.45, 7) is 6.68. The molecule has 0 aliphatic heterocycles. The molecule has 0 atom stereocenters. The van der Waals surface area contributed by atoms with Gasteiger partial charge < -0.3 is 4.43 Å². The molecule has 2 aromatic rings. The van der Waals surface area contributed by atoms with Crippen LogP contribution in [0.3, 0.4) is 0 Å². The van der Waals surface area contributed by atoms with Crippen molar-refractivity contribution < 1.29 is 17.6 Å². The third kappa shape index (κ3) is 3.36. The second-order valence-corrected chi connectivity index (χ2v) is 9.15. The SMILES string of the molecule is CCO[Si](C)(C)c1ccc(-c2c(F)cc(F)cc2F)cc1. The summed E-state index contributed by atoms with van der Waals surface area (Å²) in [6, 6.07) is 8.29. The Hall–Kier alpha value is -1.59. The molecule has 0 amide bonds. The van der Waals surface area contributed by atoms with Crippen molar-refractivity contribution in [3.8, 4) is 11.1 Å². The van der Waals surface area contributed by atoms with Gasteiger partial charge in [0, 0.05) is 18.7 Å². The van der Waals surface area contributed by atoms with Crippen LogP contribution in [0.1, 0.15) is 6.92 Å². The molecule has 0 aliphatic rings. The molecular formula is C16H17F3OSi. The van der Waals surface area contributed by atoms with Crippen molar-refractivity contribution in [1.82, 2.24) is 0 Å². The van der Waals surface area contributed by atoms with E-state index < -0.39 is 25.8 Å². The van der Waals surface area contributed by atoms with Gasteiger partial charge in [0.05, 0.1) is 5.56 Å². The van der Waals surface area contributed by atoms with E-state index in [0.29, 0.717) is 24.3 Å². The first kappa shape index (κ1) is 15.8. The van der Waals surface area contributed by atoms with Crippen LogP contribution < -0.4 is 5.19 Å². The van der Waals surface area contributed by atoms with Gasteiger partial charge >= 0.3 is 0 Å². The Morgan fingerprint density at radius 2 is 1.48 bits per heavy atom. The summed E-state index contributed by atoms with van der Waals surface area (Å²) in [6.07, 6.45) is 0. The minimum atomic E-state index is -1.99. The minimum absolute atomic E-state index is 0.209. The summed E-state index contributed by atoms with van der Waals surface area (Å²) in [5, 5.41) is 1.04. The molecule has 0 bridgehead atoms. The summed E-state index contributed by atoms with van der Waals surface area (Å²) >= 11 is 0. The Bertz CT molecular complexity index is 615. The monoisotopic (exact) mass is 310 g/mol. The summed E-state index contributed by atoms with van der Waals surface area (Å²) in [4.78, 5) is 0. The highest BCUT2D eigenvalue weighted by Crippen LogP contribution is 2.26. The Labute approximate surface area is 123 Å². The highest BCUT2D eigenvalue weighted by Gasteiger charge is 2.24. The van der Waals surface area contributed by atoms with E-state index in [1.165, 1.54) is 0 Å². The molecule has 2 rings (SSSR count). The highest BCUT2D eigenvalue weighted by atomic mass is 28.4. The standard InChI is InChI=1S/C16H17F3OSi/c1-4-20-21(2,3)13-7-5-11(6-8-13)16-14(18)9-12(17)10-15(16)19/h5-10H,4H2,1-3H3. The van der Waals surface area contributed by atoms with Crippen LogP contribution >= 0.6 is 0 Å². The third-order valence-corrected chi connectivity index (χ3v) is 6.11. The van der Waals surface area contributed by atoms with E-state index in [1.807, 2.05) is 19.1 Å². The normalized spacial score (nSPS) is 11.7. The third-order valence-electron chi connectivity index (χ3n) is 3.38. The van der Waals surface area contributed by atoms with Crippen molar-refractivity contribution in [3.63, 3.8) is 0 Å². The fourth-order valence-electron chi connectivity index (χ4n) is 2.30. The number of halogens is 3. The zero-order valence-corrected chi connectivity index (χ0v) is 13.2. The van der Waals surface area contributed by atoms with Gasteiger partial charge in [-0.25, -0.2) is 13.2 Å². The summed E-state index contributed by atoms with van der Waals surface area (Å²) in [7, 11) is -1.99. The quantitative estimate of drug-likeness (QED) is 0.768. The first-order chi connectivity index (χ1) is 9.85. The summed E-state index contributed by atoms with van der Waals surface area (Å²) in [5.41, 5.74) is 0.175. The van der Waals surface area contributed by atoms with Gasteiger partial charge in [-0.2, -0.15) is 0 Å². The van der Waals surface area contributed by atoms with E-state index in [4.69, 9.17) is 4.43 Å². The van der Waals surface area contributed by atoms with Gasteiger partial charge in [-0.3, -0.25) is 0 Å². The molecule has 1 nitrogen and oxygen atoms in total. The molecule has 0 heterocycles. The number of rotatable bonds is 4. The van der Waals surface area contributed by atoms with E-state index in [9.17, 15) is 13.2 Å². The lowest BCUT2D eigenvalue weighted by atomic mass is 10.0. The van der Waals surface area contributed by atoms with Crippen LogP contribution in [0.4, 0.5) is 13.2 Å². The maximum absolute atomic E-state index is 13.8. The molecule has 0 aliphatic carbocycles. The van der Waals surface area contributed by atoms with Crippen LogP contribution in [0, 0.1) is 17.5 Å². The molecule has 21 heavy (non-hydrogen) atoms. The van der Waals surface area contributed by atoms with E-state index >= 15 is 0 Å². The molecule has 0 unspecified atom stereocenters. The maximum atomic E-state index is 13.8. The predicted octanol–water partition coefficient (Wildman–Crippen LogP) is 4.22. The largest absolute Gasteiger partial charge is 0.413 e. The molecule has 0 saturated carbocycles. The van der Waals surface area contributed by atoms with E-state index in [2.05, 4.69) is 13.1 Å². The first-order valence-corrected chi connectivity index (χ1v) is 9.65. The molecule has 0 N–H and O–H groups in total. The van der Waals surface area contributed by atoms with E-state index in [-0.39, 0.29) is 5.56 Å². The Kier molecular flexibility index (Phi) is 4.54. The fourth-order valence-corrected chi connectivity index (χ4v) is 4.16. The molecule has 112 valence electrons. The van der Waals surface area contributed by atoms with Crippen molar-refractivity contribution in [3.05, 3.63) is 53.8 Å². The van der Waals surface area contributed by atoms with Gasteiger partial charge in [-0.15, -0.1) is 0 Å². The van der Waals surface area contributed by atoms with Crippen LogP contribution in [0.5, 0.6) is 0 Å². The van der Waals surface area contributed by atoms with Crippen LogP contribution in [0.25, 0.3) is 11.1 Å². The fraction of sp³-hybridized carbons (Fsp3) is 0.250. The molecular weight excluding hydrogens is 293 g/mol. The topological polar surface area (TPSA) is 9.23 Å². The lowest BCUT2D eigenvalue weighted by Crippen LogP contribution is -2.44. The smallest absolute Gasteiger partial charge is 0.218 e. The van der Waals surface area contributed by atoms with Gasteiger partial charge in [0.2, 0.25) is 8.32 Å². The van der Waals surface area contributed by atoms with Crippen molar-refractivity contribution >= 4 is 13.5 Å². The van der Waals surface area contributed by atoms with E-state index in [0.717, 1.165) is 5.19 Å². The molecule has 0 fully saturated rings. The van der Waals surface area contributed by atoms with Crippen LogP contribution in [0.15, 0.2) is 36.4 Å². The van der Waals surface area contributed by atoms with Crippen LogP contribution in [-0.2, 0) is 4.43 Å². The van der Waals surface area contributed by atoms with Gasteiger partial charge in [0.1, 0.15) is 17.5 Å². The molecule has 2 aromatic carbocycles. The Morgan fingerprint density at radius 3 is 1.95 bits per heavy atom. The zero-order valence-electron chi connectivity index (χ0n) is 12.2. The lowest BCUT2D eigenvalue weighted by Gasteiger charge is -2.22. The minimum Gasteiger partial charge on any atom is -0.413 e. The highest BCUT2D eigenvalue weighted by molar-refractivity contribution is 6.84. The molecule has 0 aromatic heterocycles. The molecule has 0 radical (unpaired) electrons. The second-order valence-electron chi connectivity index (χ2n) is 5.27. The van der Waals surface area contributed by atoms with Crippen molar-refractivity contribution in [2.75, 3.05) is 6.61 Å².